The van der Waals surface area contributed by atoms with Crippen molar-refractivity contribution in [3.8, 4) is 0 Å². The fraction of sp³-hybridized carbons (Fsp3) is 0.400. The van der Waals surface area contributed by atoms with Gasteiger partial charge in [0.25, 0.3) is 0 Å². The molecule has 5 nitrogen and oxygen atoms in total. The Morgan fingerprint density at radius 2 is 2.14 bits per heavy atom. The number of amides is 1. The summed E-state index contributed by atoms with van der Waals surface area (Å²) in [4.78, 5) is 20.7. The summed E-state index contributed by atoms with van der Waals surface area (Å²) in [5, 5.41) is 5.54. The van der Waals surface area contributed by atoms with Gasteiger partial charge < -0.3 is 11.1 Å². The predicted molar refractivity (Wildman–Crippen MR) is 85.2 cm³/mol. The molecule has 0 aliphatic carbocycles. The summed E-state index contributed by atoms with van der Waals surface area (Å²) in [6.07, 6.45) is 0.233. The Hall–Kier alpha value is -1.79. The highest BCUT2D eigenvalue weighted by atomic mass is 32.1. The Kier molecular flexibility index (Phi) is 5.03. The van der Waals surface area contributed by atoms with Gasteiger partial charge in [0.1, 0.15) is 10.8 Å². The Bertz CT molecular complexity index is 624. The van der Waals surface area contributed by atoms with Gasteiger partial charge in [-0.15, -0.1) is 11.3 Å². The molecule has 112 valence electrons. The molecule has 0 fully saturated rings. The van der Waals surface area contributed by atoms with E-state index in [9.17, 15) is 4.79 Å². The van der Waals surface area contributed by atoms with E-state index in [1.807, 2.05) is 24.4 Å². The Morgan fingerprint density at radius 1 is 1.38 bits per heavy atom. The van der Waals surface area contributed by atoms with E-state index in [1.54, 1.807) is 6.07 Å². The number of aryl methyl sites for hydroxylation is 1. The topological polar surface area (TPSA) is 80.9 Å². The van der Waals surface area contributed by atoms with E-state index in [1.165, 1.54) is 11.3 Å². The quantitative estimate of drug-likeness (QED) is 0.890. The van der Waals surface area contributed by atoms with Crippen molar-refractivity contribution in [3.05, 3.63) is 40.0 Å². The van der Waals surface area contributed by atoms with Crippen molar-refractivity contribution in [3.63, 3.8) is 0 Å². The number of nitrogens with one attached hydrogen (secondary N) is 1. The summed E-state index contributed by atoms with van der Waals surface area (Å²) in [5.74, 6) is 0.770. The molecule has 2 aromatic rings. The second-order valence-electron chi connectivity index (χ2n) is 5.34. The molecule has 0 spiro atoms. The highest BCUT2D eigenvalue weighted by molar-refractivity contribution is 7.09. The van der Waals surface area contributed by atoms with E-state index in [0.29, 0.717) is 11.7 Å². The molecule has 0 saturated heterocycles. The number of aromatic nitrogens is 2. The van der Waals surface area contributed by atoms with Crippen molar-refractivity contribution < 1.29 is 4.79 Å². The zero-order chi connectivity index (χ0) is 15.4. The molecule has 1 amide bonds. The van der Waals surface area contributed by atoms with Crippen LogP contribution in [0.25, 0.3) is 0 Å². The summed E-state index contributed by atoms with van der Waals surface area (Å²) in [5.41, 5.74) is 7.67. The van der Waals surface area contributed by atoms with Crippen LogP contribution in [0.5, 0.6) is 0 Å². The summed E-state index contributed by atoms with van der Waals surface area (Å²) in [6.45, 7) is 6.00. The molecule has 6 heteroatoms. The predicted octanol–water partition coefficient (Wildman–Crippen LogP) is 2.68. The van der Waals surface area contributed by atoms with Gasteiger partial charge in [0.2, 0.25) is 5.91 Å². The number of thiazole rings is 1. The van der Waals surface area contributed by atoms with Crippen LogP contribution in [0.1, 0.15) is 36.3 Å². The van der Waals surface area contributed by atoms with Crippen LogP contribution >= 0.6 is 11.3 Å². The second kappa shape index (κ2) is 6.78. The molecule has 1 atom stereocenters. The minimum atomic E-state index is -0.122. The number of carbonyl (C=O) groups is 1. The van der Waals surface area contributed by atoms with Crippen LogP contribution in [-0.4, -0.2) is 15.9 Å². The minimum Gasteiger partial charge on any atom is -0.322 e. The van der Waals surface area contributed by atoms with E-state index in [-0.39, 0.29) is 18.4 Å². The van der Waals surface area contributed by atoms with Gasteiger partial charge in [-0.3, -0.25) is 4.79 Å². The third-order valence-corrected chi connectivity index (χ3v) is 4.07. The van der Waals surface area contributed by atoms with Crippen molar-refractivity contribution in [1.82, 2.24) is 9.97 Å². The van der Waals surface area contributed by atoms with E-state index in [2.05, 4.69) is 29.1 Å². The molecule has 2 rings (SSSR count). The van der Waals surface area contributed by atoms with E-state index in [4.69, 9.17) is 5.73 Å². The lowest BCUT2D eigenvalue weighted by atomic mass is 10.1. The number of hydrogen-bond acceptors (Lipinski definition) is 5. The van der Waals surface area contributed by atoms with Crippen LogP contribution in [-0.2, 0) is 11.2 Å². The first kappa shape index (κ1) is 15.6. The third-order valence-electron chi connectivity index (χ3n) is 3.07. The average molecular weight is 304 g/mol. The molecular weight excluding hydrogens is 284 g/mol. The van der Waals surface area contributed by atoms with Crippen molar-refractivity contribution in [2.24, 2.45) is 11.7 Å². The molecule has 0 aromatic carbocycles. The summed E-state index contributed by atoms with van der Waals surface area (Å²) in [7, 11) is 0. The zero-order valence-corrected chi connectivity index (χ0v) is 13.3. The number of hydrogen-bond donors (Lipinski definition) is 2. The molecule has 0 aliphatic heterocycles. The molecule has 21 heavy (non-hydrogen) atoms. The largest absolute Gasteiger partial charge is 0.322 e. The van der Waals surface area contributed by atoms with Crippen LogP contribution in [0.15, 0.2) is 23.6 Å². The summed E-state index contributed by atoms with van der Waals surface area (Å²) < 4.78 is 0. The fourth-order valence-electron chi connectivity index (χ4n) is 1.81. The average Bonchev–Trinajstić information content (AvgIpc) is 2.85. The molecule has 0 bridgehead atoms. The molecule has 0 aliphatic rings. The van der Waals surface area contributed by atoms with Crippen LogP contribution in [0.4, 0.5) is 5.82 Å². The number of pyridine rings is 1. The van der Waals surface area contributed by atoms with Crippen LogP contribution in [0.3, 0.4) is 0 Å². The molecule has 2 heterocycles. The number of nitrogens with two attached hydrogens (primary N) is 1. The lowest BCUT2D eigenvalue weighted by Crippen LogP contribution is -2.18. The highest BCUT2D eigenvalue weighted by Gasteiger charge is 2.16. The maximum Gasteiger partial charge on any atom is 0.231 e. The lowest BCUT2D eigenvalue weighted by molar-refractivity contribution is -0.115. The Labute approximate surface area is 128 Å². The number of anilines is 1. The third kappa shape index (κ3) is 4.34. The van der Waals surface area contributed by atoms with E-state index >= 15 is 0 Å². The van der Waals surface area contributed by atoms with Crippen LogP contribution in [0.2, 0.25) is 0 Å². The zero-order valence-electron chi connectivity index (χ0n) is 12.5. The molecule has 1 unspecified atom stereocenters. The second-order valence-corrected chi connectivity index (χ2v) is 6.23. The van der Waals surface area contributed by atoms with Crippen LogP contribution in [0, 0.1) is 12.8 Å². The molecule has 0 saturated carbocycles. The van der Waals surface area contributed by atoms with Crippen molar-refractivity contribution >= 4 is 23.1 Å². The maximum absolute atomic E-state index is 12.0. The lowest BCUT2D eigenvalue weighted by Gasteiger charge is -2.11. The Morgan fingerprint density at radius 3 is 2.81 bits per heavy atom. The molecular formula is C15H20N4OS. The van der Waals surface area contributed by atoms with Gasteiger partial charge in [-0.1, -0.05) is 19.9 Å². The number of nitrogens with zero attached hydrogens (tertiary/aromatic N) is 2. The smallest absolute Gasteiger partial charge is 0.231 e. The molecule has 2 aromatic heterocycles. The van der Waals surface area contributed by atoms with Gasteiger partial charge in [0.05, 0.1) is 18.2 Å². The normalized spacial score (nSPS) is 12.4. The minimum absolute atomic E-state index is 0.0785. The van der Waals surface area contributed by atoms with Gasteiger partial charge in [0.15, 0.2) is 0 Å². The van der Waals surface area contributed by atoms with Gasteiger partial charge >= 0.3 is 0 Å². The summed E-state index contributed by atoms with van der Waals surface area (Å²) >= 11 is 1.50. The summed E-state index contributed by atoms with van der Waals surface area (Å²) in [6, 6.07) is 5.44. The highest BCUT2D eigenvalue weighted by Crippen LogP contribution is 2.22. The van der Waals surface area contributed by atoms with Gasteiger partial charge in [0, 0.05) is 11.1 Å². The number of carbonyl (C=O) groups excluding carboxylic acids is 1. The van der Waals surface area contributed by atoms with Crippen LogP contribution < -0.4 is 11.1 Å². The van der Waals surface area contributed by atoms with Gasteiger partial charge in [-0.05, 0) is 25.0 Å². The maximum atomic E-state index is 12.0. The van der Waals surface area contributed by atoms with Crippen molar-refractivity contribution in [2.75, 3.05) is 5.32 Å². The van der Waals surface area contributed by atoms with Crippen molar-refractivity contribution in [2.45, 2.75) is 33.2 Å². The van der Waals surface area contributed by atoms with Gasteiger partial charge in [-0.2, -0.15) is 0 Å². The first-order chi connectivity index (χ1) is 9.95. The van der Waals surface area contributed by atoms with Crippen molar-refractivity contribution in [1.29, 1.82) is 0 Å². The Balaban J connectivity index is 1.97. The fourth-order valence-corrected chi connectivity index (χ4v) is 2.80. The standard InChI is InChI=1S/C15H20N4OS/c1-9(2)14(16)15-18-11(8-21-15)7-13(20)19-12-6-4-5-10(3)17-12/h4-6,8-9,14H,7,16H2,1-3H3,(H,17,19,20). The number of rotatable bonds is 5. The monoisotopic (exact) mass is 304 g/mol. The van der Waals surface area contributed by atoms with E-state index < -0.39 is 0 Å². The first-order valence-corrected chi connectivity index (χ1v) is 7.77. The molecule has 0 radical (unpaired) electrons. The first-order valence-electron chi connectivity index (χ1n) is 6.89. The van der Waals surface area contributed by atoms with E-state index in [0.717, 1.165) is 16.4 Å². The molecule has 3 N–H and O–H groups in total. The SMILES string of the molecule is Cc1cccc(NC(=O)Cc2csc(C(N)C(C)C)n2)n1. The van der Waals surface area contributed by atoms with Gasteiger partial charge in [-0.25, -0.2) is 9.97 Å².